The molecule has 4 aromatic rings. The Kier molecular flexibility index (Phi) is 10.2. The summed E-state index contributed by atoms with van der Waals surface area (Å²) in [5, 5.41) is 4.85. The zero-order chi connectivity index (χ0) is 31.4. The summed E-state index contributed by atoms with van der Waals surface area (Å²) in [6.45, 7) is 7.25. The van der Waals surface area contributed by atoms with Crippen LogP contribution in [0.1, 0.15) is 42.5 Å². The van der Waals surface area contributed by atoms with E-state index in [0.29, 0.717) is 18.1 Å². The number of carbonyl (C=O) groups is 2. The van der Waals surface area contributed by atoms with E-state index >= 15 is 0 Å². The first kappa shape index (κ1) is 32.1. The summed E-state index contributed by atoms with van der Waals surface area (Å²) >= 11 is 11.4. The summed E-state index contributed by atoms with van der Waals surface area (Å²) in [7, 11) is 0. The summed E-state index contributed by atoms with van der Waals surface area (Å²) < 4.78 is 5.36. The molecule has 2 fully saturated rings. The normalized spacial score (nSPS) is 20.6. The lowest BCUT2D eigenvalue weighted by atomic mass is 9.91. The maximum absolute atomic E-state index is 14.6. The molecule has 1 aromatic heterocycles. The molecule has 2 amide bonds. The van der Waals surface area contributed by atoms with E-state index in [1.807, 2.05) is 53.6 Å². The van der Waals surface area contributed by atoms with Gasteiger partial charge < -0.3 is 19.9 Å². The third-order valence-electron chi connectivity index (χ3n) is 8.78. The van der Waals surface area contributed by atoms with Crippen LogP contribution in [0.15, 0.2) is 82.3 Å². The third kappa shape index (κ3) is 7.13. The number of ether oxygens (including phenoxy) is 1. The first-order chi connectivity index (χ1) is 21.9. The monoisotopic (exact) mass is 708 g/mol. The number of rotatable bonds is 11. The molecule has 2 atom stereocenters. The van der Waals surface area contributed by atoms with Gasteiger partial charge in [-0.15, -0.1) is 11.8 Å². The Labute approximate surface area is 282 Å². The number of thioether (sulfide) groups is 1. The Morgan fingerprint density at radius 3 is 2.56 bits per heavy atom. The Bertz CT molecular complexity index is 1640. The molecule has 2 aliphatic heterocycles. The first-order valence-electron chi connectivity index (χ1n) is 15.5. The van der Waals surface area contributed by atoms with E-state index < -0.39 is 10.8 Å². The second-order valence-corrected chi connectivity index (χ2v) is 14.5. The number of aromatic amines is 1. The number of halogens is 2. The summed E-state index contributed by atoms with van der Waals surface area (Å²) in [5.41, 5.74) is 4.01. The fourth-order valence-corrected chi connectivity index (χ4v) is 8.23. The van der Waals surface area contributed by atoms with Gasteiger partial charge in [-0.1, -0.05) is 64.8 Å². The van der Waals surface area contributed by atoms with Crippen molar-refractivity contribution in [3.8, 4) is 0 Å². The Morgan fingerprint density at radius 1 is 1.09 bits per heavy atom. The van der Waals surface area contributed by atoms with E-state index in [1.54, 1.807) is 0 Å². The number of hydrogen-bond acceptors (Lipinski definition) is 5. The van der Waals surface area contributed by atoms with E-state index in [9.17, 15) is 9.59 Å². The standard InChI is InChI=1S/C35H38BrClN4O3S/c1-2-24-6-11-28(12-7-24)45-35(34(43)38-14-3-15-40-16-18-44-19-17-40)21-32(42)41(23-25-4-8-26(36)9-5-25)33(35)30-22-39-31-20-27(37)10-13-29(30)31/h4-13,20,22,33,39H,2-3,14-19,21,23H2,1H3,(H,38,43)/t33-,35?/m0/s1. The van der Waals surface area contributed by atoms with Gasteiger partial charge in [0.1, 0.15) is 4.75 Å². The highest BCUT2D eigenvalue weighted by Gasteiger charge is 2.58. The lowest BCUT2D eigenvalue weighted by Gasteiger charge is -2.36. The summed E-state index contributed by atoms with van der Waals surface area (Å²) in [6.07, 6.45) is 3.79. The van der Waals surface area contributed by atoms with Gasteiger partial charge in [-0.25, -0.2) is 0 Å². The molecule has 1 unspecified atom stereocenters. The van der Waals surface area contributed by atoms with Crippen molar-refractivity contribution in [1.82, 2.24) is 20.1 Å². The molecule has 2 N–H and O–H groups in total. The van der Waals surface area contributed by atoms with Crippen LogP contribution in [0, 0.1) is 0 Å². The van der Waals surface area contributed by atoms with Crippen molar-refractivity contribution in [3.63, 3.8) is 0 Å². The van der Waals surface area contributed by atoms with E-state index in [1.165, 1.54) is 17.3 Å². The highest BCUT2D eigenvalue weighted by Crippen LogP contribution is 2.54. The number of H-pyrrole nitrogens is 1. The number of amides is 2. The van der Waals surface area contributed by atoms with Gasteiger partial charge in [-0.3, -0.25) is 14.5 Å². The number of carbonyl (C=O) groups excluding carboxylic acids is 2. The number of likely N-dealkylation sites (tertiary alicyclic amines) is 1. The van der Waals surface area contributed by atoms with Crippen LogP contribution in [-0.2, 0) is 27.3 Å². The number of aryl methyl sites for hydroxylation is 1. The van der Waals surface area contributed by atoms with Crippen molar-refractivity contribution in [1.29, 1.82) is 0 Å². The minimum Gasteiger partial charge on any atom is -0.379 e. The fourth-order valence-electron chi connectivity index (χ4n) is 6.38. The van der Waals surface area contributed by atoms with Gasteiger partial charge in [0.2, 0.25) is 11.8 Å². The molecule has 10 heteroatoms. The number of aromatic nitrogens is 1. The summed E-state index contributed by atoms with van der Waals surface area (Å²) in [4.78, 5) is 37.4. The average molecular weight is 710 g/mol. The Morgan fingerprint density at radius 2 is 1.82 bits per heavy atom. The van der Waals surface area contributed by atoms with Crippen molar-refractivity contribution in [2.45, 2.75) is 48.4 Å². The molecule has 0 saturated carbocycles. The van der Waals surface area contributed by atoms with Crippen LogP contribution in [0.5, 0.6) is 0 Å². The zero-order valence-corrected chi connectivity index (χ0v) is 28.5. The molecule has 3 heterocycles. The van der Waals surface area contributed by atoms with Crippen LogP contribution in [-0.4, -0.2) is 70.7 Å². The average Bonchev–Trinajstić information content (AvgIpc) is 3.58. The number of benzene rings is 3. The molecular weight excluding hydrogens is 672 g/mol. The van der Waals surface area contributed by atoms with Crippen LogP contribution in [0.4, 0.5) is 0 Å². The molecule has 0 bridgehead atoms. The van der Waals surface area contributed by atoms with Crippen molar-refractivity contribution in [3.05, 3.63) is 99.1 Å². The second kappa shape index (κ2) is 14.3. The molecular formula is C35H38BrClN4O3S. The van der Waals surface area contributed by atoms with Gasteiger partial charge in [0, 0.05) is 63.2 Å². The maximum atomic E-state index is 14.6. The van der Waals surface area contributed by atoms with Gasteiger partial charge in [-0.05, 0) is 66.9 Å². The SMILES string of the molecule is CCc1ccc(SC2(C(=O)NCCCN3CCOCC3)CC(=O)N(Cc3ccc(Br)cc3)[C@H]2c2c[nH]c3cc(Cl)ccc23)cc1. The molecule has 236 valence electrons. The van der Waals surface area contributed by atoms with Crippen LogP contribution >= 0.6 is 39.3 Å². The van der Waals surface area contributed by atoms with Crippen molar-refractivity contribution >= 4 is 62.0 Å². The molecule has 0 spiro atoms. The van der Waals surface area contributed by atoms with Crippen LogP contribution in [0.2, 0.25) is 5.02 Å². The quantitative estimate of drug-likeness (QED) is 0.164. The zero-order valence-electron chi connectivity index (χ0n) is 25.4. The van der Waals surface area contributed by atoms with Crippen LogP contribution in [0.3, 0.4) is 0 Å². The highest BCUT2D eigenvalue weighted by atomic mass is 79.9. The predicted octanol–water partition coefficient (Wildman–Crippen LogP) is 6.99. The van der Waals surface area contributed by atoms with Crippen molar-refractivity contribution < 1.29 is 14.3 Å². The number of nitrogens with one attached hydrogen (secondary N) is 2. The van der Waals surface area contributed by atoms with E-state index in [0.717, 1.165) is 77.1 Å². The minimum atomic E-state index is -1.10. The van der Waals surface area contributed by atoms with Crippen LogP contribution < -0.4 is 5.32 Å². The third-order valence-corrected chi connectivity index (χ3v) is 11.0. The largest absolute Gasteiger partial charge is 0.379 e. The molecule has 45 heavy (non-hydrogen) atoms. The molecule has 6 rings (SSSR count). The molecule has 0 radical (unpaired) electrons. The topological polar surface area (TPSA) is 77.7 Å². The lowest BCUT2D eigenvalue weighted by molar-refractivity contribution is -0.129. The van der Waals surface area contributed by atoms with E-state index in [2.05, 4.69) is 62.3 Å². The second-order valence-electron chi connectivity index (χ2n) is 11.7. The smallest absolute Gasteiger partial charge is 0.239 e. The first-order valence-corrected chi connectivity index (χ1v) is 17.5. The molecule has 2 saturated heterocycles. The number of morpholine rings is 1. The van der Waals surface area contributed by atoms with Gasteiger partial charge in [0.25, 0.3) is 0 Å². The number of hydrogen-bond donors (Lipinski definition) is 2. The Hall–Kier alpha value is -2.82. The van der Waals surface area contributed by atoms with Gasteiger partial charge in [0.15, 0.2) is 0 Å². The lowest BCUT2D eigenvalue weighted by Crippen LogP contribution is -2.48. The number of fused-ring (bicyclic) bond motifs is 1. The Balaban J connectivity index is 1.39. The summed E-state index contributed by atoms with van der Waals surface area (Å²) in [5.74, 6) is -0.165. The molecule has 7 nitrogen and oxygen atoms in total. The summed E-state index contributed by atoms with van der Waals surface area (Å²) in [6, 6.07) is 21.6. The minimum absolute atomic E-state index is 0.0487. The highest BCUT2D eigenvalue weighted by molar-refractivity contribution is 9.10. The van der Waals surface area contributed by atoms with E-state index in [4.69, 9.17) is 16.3 Å². The van der Waals surface area contributed by atoms with Crippen molar-refractivity contribution in [2.24, 2.45) is 0 Å². The van der Waals surface area contributed by atoms with Crippen molar-refractivity contribution in [2.75, 3.05) is 39.4 Å². The molecule has 0 aliphatic carbocycles. The van der Waals surface area contributed by atoms with Crippen LogP contribution in [0.25, 0.3) is 10.9 Å². The maximum Gasteiger partial charge on any atom is 0.239 e. The molecule has 3 aromatic carbocycles. The molecule has 2 aliphatic rings. The van der Waals surface area contributed by atoms with E-state index in [-0.39, 0.29) is 18.2 Å². The van der Waals surface area contributed by atoms with Gasteiger partial charge in [0.05, 0.1) is 25.7 Å². The van der Waals surface area contributed by atoms with Gasteiger partial charge in [-0.2, -0.15) is 0 Å². The fraction of sp³-hybridized carbons (Fsp3) is 0.371. The number of nitrogens with zero attached hydrogens (tertiary/aromatic N) is 2. The predicted molar refractivity (Wildman–Crippen MR) is 185 cm³/mol. The van der Waals surface area contributed by atoms with Gasteiger partial charge >= 0.3 is 0 Å².